The Kier molecular flexibility index (Phi) is 4.41. The van der Waals surface area contributed by atoms with Gasteiger partial charge in [-0.05, 0) is 31.7 Å². The summed E-state index contributed by atoms with van der Waals surface area (Å²) in [7, 11) is 0. The van der Waals surface area contributed by atoms with E-state index in [1.165, 1.54) is 18.4 Å². The number of carbonyl (C=O) groups excluding carboxylic acids is 1. The van der Waals surface area contributed by atoms with Crippen LogP contribution in [0.1, 0.15) is 49.0 Å². The Bertz CT molecular complexity index is 433. The van der Waals surface area contributed by atoms with Crippen molar-refractivity contribution in [3.8, 4) is 0 Å². The number of nitrogens with zero attached hydrogens (tertiary/aromatic N) is 1. The van der Waals surface area contributed by atoms with Crippen molar-refractivity contribution in [2.75, 3.05) is 19.6 Å². The highest BCUT2D eigenvalue weighted by Crippen LogP contribution is 2.28. The van der Waals surface area contributed by atoms with Gasteiger partial charge in [-0.25, -0.2) is 0 Å². The molecule has 0 aliphatic carbocycles. The maximum atomic E-state index is 12.1. The number of hydrogen-bond acceptors (Lipinski definition) is 2. The third-order valence-corrected chi connectivity index (χ3v) is 4.01. The fourth-order valence-electron chi connectivity index (χ4n) is 2.88. The fraction of sp³-hybridized carbons (Fsp3) is 0.588. The number of hydrogen-bond donors (Lipinski definition) is 0. The second-order valence-electron chi connectivity index (χ2n) is 6.58. The molecule has 0 unspecified atom stereocenters. The van der Waals surface area contributed by atoms with E-state index in [0.717, 1.165) is 25.2 Å². The number of rotatable bonds is 4. The van der Waals surface area contributed by atoms with E-state index in [2.05, 4.69) is 18.7 Å². The van der Waals surface area contributed by atoms with Crippen LogP contribution in [0.3, 0.4) is 0 Å². The molecule has 0 spiro atoms. The quantitative estimate of drug-likeness (QED) is 0.769. The lowest BCUT2D eigenvalue weighted by Gasteiger charge is -2.37. The molecule has 1 aliphatic rings. The van der Waals surface area contributed by atoms with E-state index in [1.807, 2.05) is 31.2 Å². The molecule has 1 heterocycles. The van der Waals surface area contributed by atoms with Gasteiger partial charge >= 0.3 is 0 Å². The molecule has 104 valence electrons. The predicted octanol–water partition coefficient (Wildman–Crippen LogP) is 3.69. The van der Waals surface area contributed by atoms with Gasteiger partial charge in [0.2, 0.25) is 0 Å². The topological polar surface area (TPSA) is 20.3 Å². The van der Waals surface area contributed by atoms with Crippen LogP contribution >= 0.6 is 0 Å². The van der Waals surface area contributed by atoms with Crippen LogP contribution in [0.2, 0.25) is 0 Å². The van der Waals surface area contributed by atoms with Gasteiger partial charge in [-0.2, -0.15) is 0 Å². The molecule has 0 atom stereocenters. The van der Waals surface area contributed by atoms with E-state index in [4.69, 9.17) is 0 Å². The predicted molar refractivity (Wildman–Crippen MR) is 79.6 cm³/mol. The smallest absolute Gasteiger partial charge is 0.164 e. The molecule has 1 aromatic carbocycles. The van der Waals surface area contributed by atoms with Crippen molar-refractivity contribution in [3.63, 3.8) is 0 Å². The van der Waals surface area contributed by atoms with Crippen LogP contribution in [0, 0.1) is 12.3 Å². The van der Waals surface area contributed by atoms with Crippen LogP contribution in [-0.4, -0.2) is 30.3 Å². The van der Waals surface area contributed by atoms with Crippen LogP contribution < -0.4 is 0 Å². The molecule has 2 rings (SSSR count). The van der Waals surface area contributed by atoms with Crippen LogP contribution in [-0.2, 0) is 0 Å². The second kappa shape index (κ2) is 5.87. The molecule has 0 N–H and O–H groups in total. The Balaban J connectivity index is 1.85. The van der Waals surface area contributed by atoms with Crippen LogP contribution in [0.4, 0.5) is 0 Å². The normalized spacial score (nSPS) is 19.3. The molecule has 19 heavy (non-hydrogen) atoms. The number of likely N-dealkylation sites (tertiary alicyclic amines) is 1. The van der Waals surface area contributed by atoms with E-state index in [0.29, 0.717) is 11.8 Å². The van der Waals surface area contributed by atoms with E-state index in [-0.39, 0.29) is 5.78 Å². The number of ketones is 1. The standard InChI is InChI=1S/C17H25NO/c1-14-5-7-15(8-6-14)16(19)9-12-18-11-4-10-17(2,3)13-18/h5-8H,4,9-13H2,1-3H3. The lowest BCUT2D eigenvalue weighted by molar-refractivity contribution is 0.0896. The summed E-state index contributed by atoms with van der Waals surface area (Å²) >= 11 is 0. The van der Waals surface area contributed by atoms with Gasteiger partial charge in [0.25, 0.3) is 0 Å². The summed E-state index contributed by atoms with van der Waals surface area (Å²) in [5, 5.41) is 0. The first-order valence-corrected chi connectivity index (χ1v) is 7.28. The molecule has 0 saturated carbocycles. The maximum Gasteiger partial charge on any atom is 0.164 e. The number of carbonyl (C=O) groups is 1. The van der Waals surface area contributed by atoms with Gasteiger partial charge in [0.15, 0.2) is 5.78 Å². The first-order chi connectivity index (χ1) is 8.96. The van der Waals surface area contributed by atoms with E-state index in [9.17, 15) is 4.79 Å². The molecule has 1 aliphatic heterocycles. The summed E-state index contributed by atoms with van der Waals surface area (Å²) in [5.74, 6) is 0.267. The van der Waals surface area contributed by atoms with Gasteiger partial charge in [-0.3, -0.25) is 4.79 Å². The third-order valence-electron chi connectivity index (χ3n) is 4.01. The molecule has 1 fully saturated rings. The molecule has 0 radical (unpaired) electrons. The van der Waals surface area contributed by atoms with Gasteiger partial charge in [-0.15, -0.1) is 0 Å². The van der Waals surface area contributed by atoms with Gasteiger partial charge in [0.05, 0.1) is 0 Å². The van der Waals surface area contributed by atoms with Crippen LogP contribution in [0.5, 0.6) is 0 Å². The molecule has 1 saturated heterocycles. The zero-order valence-corrected chi connectivity index (χ0v) is 12.4. The van der Waals surface area contributed by atoms with Gasteiger partial charge in [-0.1, -0.05) is 43.7 Å². The first-order valence-electron chi connectivity index (χ1n) is 7.28. The maximum absolute atomic E-state index is 12.1. The van der Waals surface area contributed by atoms with Crippen molar-refractivity contribution in [2.45, 2.75) is 40.0 Å². The Morgan fingerprint density at radius 2 is 1.95 bits per heavy atom. The molecular weight excluding hydrogens is 234 g/mol. The average Bonchev–Trinajstić information content (AvgIpc) is 2.36. The third kappa shape index (κ3) is 4.17. The van der Waals surface area contributed by atoms with Crippen LogP contribution in [0.25, 0.3) is 0 Å². The fourth-order valence-corrected chi connectivity index (χ4v) is 2.88. The molecule has 2 heteroatoms. The monoisotopic (exact) mass is 259 g/mol. The van der Waals surface area contributed by atoms with Gasteiger partial charge < -0.3 is 4.90 Å². The highest BCUT2D eigenvalue weighted by Gasteiger charge is 2.26. The highest BCUT2D eigenvalue weighted by molar-refractivity contribution is 5.96. The van der Waals surface area contributed by atoms with E-state index >= 15 is 0 Å². The van der Waals surface area contributed by atoms with Crippen LogP contribution in [0.15, 0.2) is 24.3 Å². The Morgan fingerprint density at radius 3 is 2.58 bits per heavy atom. The lowest BCUT2D eigenvalue weighted by Crippen LogP contribution is -2.40. The second-order valence-corrected chi connectivity index (χ2v) is 6.58. The summed E-state index contributed by atoms with van der Waals surface area (Å²) in [6.07, 6.45) is 3.19. The van der Waals surface area contributed by atoms with Gasteiger partial charge in [0.1, 0.15) is 0 Å². The zero-order chi connectivity index (χ0) is 13.9. The van der Waals surface area contributed by atoms with E-state index < -0.39 is 0 Å². The number of aryl methyl sites for hydroxylation is 1. The zero-order valence-electron chi connectivity index (χ0n) is 12.4. The summed E-state index contributed by atoms with van der Waals surface area (Å²) < 4.78 is 0. The average molecular weight is 259 g/mol. The molecular formula is C17H25NO. The van der Waals surface area contributed by atoms with Crippen molar-refractivity contribution in [1.29, 1.82) is 0 Å². The summed E-state index contributed by atoms with van der Waals surface area (Å²) in [6, 6.07) is 7.91. The minimum atomic E-state index is 0.267. The van der Waals surface area contributed by atoms with Gasteiger partial charge in [0, 0.05) is 25.1 Å². The van der Waals surface area contributed by atoms with Crippen molar-refractivity contribution in [2.24, 2.45) is 5.41 Å². The molecule has 1 aromatic rings. The molecule has 0 amide bonds. The summed E-state index contributed by atoms with van der Waals surface area (Å²) in [5.41, 5.74) is 2.46. The van der Waals surface area contributed by atoms with E-state index in [1.54, 1.807) is 0 Å². The highest BCUT2D eigenvalue weighted by atomic mass is 16.1. The minimum Gasteiger partial charge on any atom is -0.302 e. The Morgan fingerprint density at radius 1 is 1.26 bits per heavy atom. The SMILES string of the molecule is Cc1ccc(C(=O)CCN2CCCC(C)(C)C2)cc1. The number of benzene rings is 1. The lowest BCUT2D eigenvalue weighted by atomic mass is 9.84. The molecule has 0 bridgehead atoms. The van der Waals surface area contributed by atoms with Crippen molar-refractivity contribution in [1.82, 2.24) is 4.90 Å². The Labute approximate surface area is 116 Å². The largest absolute Gasteiger partial charge is 0.302 e. The molecule has 2 nitrogen and oxygen atoms in total. The van der Waals surface area contributed by atoms with Crippen molar-refractivity contribution in [3.05, 3.63) is 35.4 Å². The summed E-state index contributed by atoms with van der Waals surface area (Å²) in [4.78, 5) is 14.6. The van der Waals surface area contributed by atoms with Crippen molar-refractivity contribution < 1.29 is 4.79 Å². The number of piperidine rings is 1. The number of Topliss-reactive ketones (excluding diaryl/α,β-unsaturated/α-hetero) is 1. The summed E-state index contributed by atoms with van der Waals surface area (Å²) in [6.45, 7) is 9.85. The molecule has 0 aromatic heterocycles. The van der Waals surface area contributed by atoms with Crippen molar-refractivity contribution >= 4 is 5.78 Å². The Hall–Kier alpha value is -1.15. The minimum absolute atomic E-state index is 0.267. The first kappa shape index (κ1) is 14.3.